The maximum atomic E-state index is 4.65. The Balaban J connectivity index is 1.50. The van der Waals surface area contributed by atoms with Crippen LogP contribution in [-0.4, -0.2) is 35.8 Å². The lowest BCUT2D eigenvalue weighted by atomic mass is 10.2. The third kappa shape index (κ3) is 2.91. The number of anilines is 1. The van der Waals surface area contributed by atoms with Crippen LogP contribution < -0.4 is 5.43 Å². The van der Waals surface area contributed by atoms with Gasteiger partial charge in [-0.15, -0.1) is 15.3 Å². The van der Waals surface area contributed by atoms with Crippen molar-refractivity contribution in [2.75, 3.05) is 5.43 Å². The zero-order valence-electron chi connectivity index (χ0n) is 16.0. The Morgan fingerprint density at radius 2 is 1.69 bits per heavy atom. The van der Waals surface area contributed by atoms with Crippen LogP contribution in [0, 0.1) is 13.8 Å². The summed E-state index contributed by atoms with van der Waals surface area (Å²) in [4.78, 5) is 0. The molecule has 0 saturated heterocycles. The van der Waals surface area contributed by atoms with Crippen LogP contribution in [0.1, 0.15) is 17.0 Å². The lowest BCUT2D eigenvalue weighted by Crippen LogP contribution is -2.01. The minimum atomic E-state index is 0.634. The molecule has 0 aliphatic rings. The Bertz CT molecular complexity index is 1350. The molecule has 0 unspecified atom stereocenters. The molecule has 142 valence electrons. The van der Waals surface area contributed by atoms with Gasteiger partial charge in [-0.25, -0.2) is 4.68 Å². The van der Waals surface area contributed by atoms with E-state index < -0.39 is 0 Å². The molecule has 1 N–H and O–H groups in total. The van der Waals surface area contributed by atoms with Gasteiger partial charge >= 0.3 is 0 Å². The lowest BCUT2D eigenvalue weighted by molar-refractivity contribution is 0.833. The number of rotatable bonds is 4. The molecule has 0 amide bonds. The van der Waals surface area contributed by atoms with E-state index in [9.17, 15) is 0 Å². The predicted molar refractivity (Wildman–Crippen MR) is 113 cm³/mol. The molecule has 0 fully saturated rings. The molecule has 8 nitrogen and oxygen atoms in total. The second kappa shape index (κ2) is 6.83. The summed E-state index contributed by atoms with van der Waals surface area (Å²) in [5, 5.41) is 23.6. The molecule has 0 spiro atoms. The quantitative estimate of drug-likeness (QED) is 0.380. The minimum absolute atomic E-state index is 0.634. The number of aromatic nitrogens is 6. The molecule has 0 aliphatic carbocycles. The summed E-state index contributed by atoms with van der Waals surface area (Å²) >= 11 is 0. The Morgan fingerprint density at radius 1 is 0.931 bits per heavy atom. The van der Waals surface area contributed by atoms with Crippen molar-refractivity contribution in [2.45, 2.75) is 13.8 Å². The Morgan fingerprint density at radius 3 is 2.52 bits per heavy atom. The first-order chi connectivity index (χ1) is 14.2. The fourth-order valence-corrected chi connectivity index (χ4v) is 3.43. The van der Waals surface area contributed by atoms with Crippen LogP contribution in [0.25, 0.3) is 22.1 Å². The second-order valence-electron chi connectivity index (χ2n) is 6.70. The van der Waals surface area contributed by atoms with Gasteiger partial charge in [0, 0.05) is 16.3 Å². The maximum Gasteiger partial charge on any atom is 0.185 e. The molecule has 0 bridgehead atoms. The summed E-state index contributed by atoms with van der Waals surface area (Å²) in [7, 11) is 0. The zero-order chi connectivity index (χ0) is 19.8. The average Bonchev–Trinajstić information content (AvgIpc) is 3.34. The fraction of sp³-hybridized carbons (Fsp3) is 0.0952. The van der Waals surface area contributed by atoms with Crippen molar-refractivity contribution in [3.63, 3.8) is 0 Å². The Labute approximate surface area is 166 Å². The Kier molecular flexibility index (Phi) is 4.02. The first kappa shape index (κ1) is 17.1. The molecule has 0 atom stereocenters. The van der Waals surface area contributed by atoms with Crippen molar-refractivity contribution in [3.8, 4) is 5.69 Å². The summed E-state index contributed by atoms with van der Waals surface area (Å²) in [5.41, 5.74) is 7.69. The second-order valence-corrected chi connectivity index (χ2v) is 6.70. The van der Waals surface area contributed by atoms with Gasteiger partial charge in [0.25, 0.3) is 0 Å². The van der Waals surface area contributed by atoms with Crippen molar-refractivity contribution in [3.05, 3.63) is 77.9 Å². The van der Waals surface area contributed by atoms with E-state index >= 15 is 0 Å². The highest BCUT2D eigenvalue weighted by molar-refractivity contribution is 6.00. The number of hydrazone groups is 1. The molecule has 3 heterocycles. The number of fused-ring (bicyclic) bond motifs is 3. The first-order valence-corrected chi connectivity index (χ1v) is 9.22. The summed E-state index contributed by atoms with van der Waals surface area (Å²) in [6.45, 7) is 4.01. The molecule has 5 aromatic rings. The van der Waals surface area contributed by atoms with Gasteiger partial charge in [0.1, 0.15) is 6.33 Å². The van der Waals surface area contributed by atoms with Crippen LogP contribution in [0.5, 0.6) is 0 Å². The number of para-hydroxylation sites is 1. The van der Waals surface area contributed by atoms with Gasteiger partial charge in [-0.1, -0.05) is 42.5 Å². The van der Waals surface area contributed by atoms with Gasteiger partial charge in [-0.05, 0) is 26.0 Å². The summed E-state index contributed by atoms with van der Waals surface area (Å²) in [6, 6.07) is 18.0. The lowest BCUT2D eigenvalue weighted by Gasteiger charge is -2.06. The molecule has 0 aliphatic heterocycles. The molecule has 3 aromatic heterocycles. The molecule has 8 heteroatoms. The van der Waals surface area contributed by atoms with E-state index in [0.29, 0.717) is 11.5 Å². The van der Waals surface area contributed by atoms with E-state index in [4.69, 9.17) is 0 Å². The molecular weight excluding hydrogens is 364 g/mol. The van der Waals surface area contributed by atoms with Crippen LogP contribution in [0.3, 0.4) is 0 Å². The third-order valence-corrected chi connectivity index (χ3v) is 4.87. The smallest absolute Gasteiger partial charge is 0.185 e. The largest absolute Gasteiger partial charge is 0.259 e. The normalized spacial score (nSPS) is 11.7. The molecular formula is C21H18N8. The molecule has 5 rings (SSSR count). The molecule has 2 aromatic carbocycles. The van der Waals surface area contributed by atoms with Crippen molar-refractivity contribution >= 4 is 28.5 Å². The Hall–Kier alpha value is -4.07. The number of aryl methyl sites for hydroxylation is 1. The summed E-state index contributed by atoms with van der Waals surface area (Å²) in [5.74, 6) is 0.634. The number of hydrogen-bond donors (Lipinski definition) is 1. The zero-order valence-corrected chi connectivity index (χ0v) is 16.0. The van der Waals surface area contributed by atoms with Crippen molar-refractivity contribution in [2.24, 2.45) is 5.10 Å². The summed E-state index contributed by atoms with van der Waals surface area (Å²) in [6.07, 6.45) is 3.36. The van der Waals surface area contributed by atoms with Crippen molar-refractivity contribution in [1.29, 1.82) is 0 Å². The van der Waals surface area contributed by atoms with E-state index in [0.717, 1.165) is 33.4 Å². The van der Waals surface area contributed by atoms with Crippen LogP contribution in [0.2, 0.25) is 0 Å². The van der Waals surface area contributed by atoms with Crippen molar-refractivity contribution < 1.29 is 0 Å². The van der Waals surface area contributed by atoms with Crippen LogP contribution in [0.15, 0.2) is 66.0 Å². The fourth-order valence-electron chi connectivity index (χ4n) is 3.43. The first-order valence-electron chi connectivity index (χ1n) is 9.22. The standard InChI is InChI=1S/C21H18N8/c1-14-19(15(2)29(26-14)16-8-4-3-5-9-16)12-22-24-20-17-10-6-7-11-18(17)21-25-23-13-28(21)27-20/h3-13H,1-2H3,(H,24,27)/b22-12-. The van der Waals surface area contributed by atoms with Gasteiger partial charge in [0.05, 0.1) is 23.3 Å². The topological polar surface area (TPSA) is 85.3 Å². The minimum Gasteiger partial charge on any atom is -0.259 e. The highest BCUT2D eigenvalue weighted by Gasteiger charge is 2.12. The van der Waals surface area contributed by atoms with E-state index in [2.05, 4.69) is 30.9 Å². The van der Waals surface area contributed by atoms with Gasteiger partial charge in [-0.3, -0.25) is 5.43 Å². The molecule has 0 saturated carbocycles. The average molecular weight is 382 g/mol. The summed E-state index contributed by atoms with van der Waals surface area (Å²) < 4.78 is 3.57. The van der Waals surface area contributed by atoms with Gasteiger partial charge in [0.2, 0.25) is 0 Å². The van der Waals surface area contributed by atoms with E-state index in [1.807, 2.05) is 73.1 Å². The van der Waals surface area contributed by atoms with Gasteiger partial charge in [-0.2, -0.15) is 14.7 Å². The highest BCUT2D eigenvalue weighted by atomic mass is 15.4. The van der Waals surface area contributed by atoms with Crippen molar-refractivity contribution in [1.82, 2.24) is 29.6 Å². The van der Waals surface area contributed by atoms with Crippen LogP contribution in [0.4, 0.5) is 5.82 Å². The SMILES string of the molecule is Cc1nn(-c2ccccc2)c(C)c1/C=N\Nc1nn2cnnc2c2ccccc12. The number of nitrogens with one attached hydrogen (secondary N) is 1. The van der Waals surface area contributed by atoms with E-state index in [1.54, 1.807) is 17.1 Å². The number of hydrogen-bond acceptors (Lipinski definition) is 6. The third-order valence-electron chi connectivity index (χ3n) is 4.87. The van der Waals surface area contributed by atoms with Gasteiger partial charge < -0.3 is 0 Å². The van der Waals surface area contributed by atoms with E-state index in [1.165, 1.54) is 0 Å². The van der Waals surface area contributed by atoms with Crippen LogP contribution >= 0.6 is 0 Å². The van der Waals surface area contributed by atoms with E-state index in [-0.39, 0.29) is 0 Å². The number of benzene rings is 2. The molecule has 29 heavy (non-hydrogen) atoms. The predicted octanol–water partition coefficient (Wildman–Crippen LogP) is 3.53. The molecule has 0 radical (unpaired) electrons. The maximum absolute atomic E-state index is 4.65. The van der Waals surface area contributed by atoms with Gasteiger partial charge in [0.15, 0.2) is 11.5 Å². The number of nitrogens with zero attached hydrogens (tertiary/aromatic N) is 7. The highest BCUT2D eigenvalue weighted by Crippen LogP contribution is 2.24. The monoisotopic (exact) mass is 382 g/mol. The van der Waals surface area contributed by atoms with Crippen LogP contribution in [-0.2, 0) is 0 Å².